The second-order valence-electron chi connectivity index (χ2n) is 16.8. The van der Waals surface area contributed by atoms with Gasteiger partial charge in [0.25, 0.3) is 0 Å². The van der Waals surface area contributed by atoms with Crippen molar-refractivity contribution in [2.24, 2.45) is 50.7 Å². The van der Waals surface area contributed by atoms with Gasteiger partial charge >= 0.3 is 5.97 Å². The first-order valence-electron chi connectivity index (χ1n) is 17.1. The molecule has 44 heavy (non-hydrogen) atoms. The summed E-state index contributed by atoms with van der Waals surface area (Å²) in [5.41, 5.74) is -0.658. The van der Waals surface area contributed by atoms with E-state index < -0.39 is 53.6 Å². The van der Waals surface area contributed by atoms with Crippen LogP contribution in [0.25, 0.3) is 0 Å². The molecular formula is C35H56O9. The quantitative estimate of drug-likeness (QED) is 0.185. The molecule has 6 aliphatic rings. The van der Waals surface area contributed by atoms with Crippen LogP contribution in [0.1, 0.15) is 99.3 Å². The molecule has 0 radical (unpaired) electrons. The summed E-state index contributed by atoms with van der Waals surface area (Å²) in [6, 6.07) is 0. The summed E-state index contributed by atoms with van der Waals surface area (Å²) in [5, 5.41) is 64.1. The number of rotatable bonds is 7. The number of aliphatic hydroxyl groups is 5. The van der Waals surface area contributed by atoms with Crippen LogP contribution in [0.15, 0.2) is 11.6 Å². The molecule has 6 rings (SSSR count). The van der Waals surface area contributed by atoms with Gasteiger partial charge in [-0.05, 0) is 105 Å². The minimum Gasteiger partial charge on any atom is -0.478 e. The molecule has 1 heterocycles. The Morgan fingerprint density at radius 3 is 2.32 bits per heavy atom. The van der Waals surface area contributed by atoms with Crippen LogP contribution in [-0.4, -0.2) is 86.1 Å². The summed E-state index contributed by atoms with van der Waals surface area (Å²) >= 11 is 0. The van der Waals surface area contributed by atoms with Gasteiger partial charge in [0.05, 0.1) is 24.9 Å². The number of ether oxygens (including phenoxy) is 2. The largest absolute Gasteiger partial charge is 0.478 e. The molecule has 0 aromatic heterocycles. The standard InChI is InChI=1S/C35H56O9/c1-18(8-7-9-19(2)29(41)42)20-14-24(37)33(6)23-11-10-22-31(3,4)26(44-30-28(40)27(39)21(36)16-43-30)12-13-34(22)17-35(23,34)15-25(38)32(20,33)5/h9,18,20-28,30,36-40H,7-8,10-17H2,1-6H3,(H,41,42)/b19-9+/t18-,20+,21+,22-,23+,24-,25+,26-,27+,28+,30+,32-,33+,34-,35+/m0/s1. The molecule has 2 spiro atoms. The maximum absolute atomic E-state index is 12.2. The Labute approximate surface area is 262 Å². The van der Waals surface area contributed by atoms with Crippen molar-refractivity contribution in [1.29, 1.82) is 0 Å². The molecule has 6 fully saturated rings. The minimum atomic E-state index is -1.31. The molecule has 0 aromatic carbocycles. The van der Waals surface area contributed by atoms with Gasteiger partial charge in [-0.15, -0.1) is 0 Å². The predicted octanol–water partition coefficient (Wildman–Crippen LogP) is 3.64. The second-order valence-corrected chi connectivity index (χ2v) is 16.8. The van der Waals surface area contributed by atoms with Gasteiger partial charge in [-0.1, -0.05) is 40.7 Å². The first kappa shape index (κ1) is 32.9. The molecule has 0 bridgehead atoms. The average Bonchev–Trinajstić information content (AvgIpc) is 3.56. The molecule has 1 saturated heterocycles. The molecule has 0 aromatic rings. The summed E-state index contributed by atoms with van der Waals surface area (Å²) in [6.45, 7) is 12.8. The van der Waals surface area contributed by atoms with E-state index in [0.29, 0.717) is 30.3 Å². The van der Waals surface area contributed by atoms with Crippen molar-refractivity contribution < 1.29 is 44.9 Å². The van der Waals surface area contributed by atoms with E-state index in [1.165, 1.54) is 0 Å². The van der Waals surface area contributed by atoms with E-state index in [2.05, 4.69) is 34.6 Å². The van der Waals surface area contributed by atoms with Gasteiger partial charge in [-0.3, -0.25) is 0 Å². The number of carbonyl (C=O) groups is 1. The van der Waals surface area contributed by atoms with E-state index in [-0.39, 0.29) is 40.8 Å². The lowest BCUT2D eigenvalue weighted by molar-refractivity contribution is -0.304. The van der Waals surface area contributed by atoms with Crippen molar-refractivity contribution in [3.63, 3.8) is 0 Å². The number of carboxylic acid groups (broad SMARTS) is 1. The first-order valence-corrected chi connectivity index (χ1v) is 17.1. The third-order valence-electron chi connectivity index (χ3n) is 15.1. The van der Waals surface area contributed by atoms with Crippen LogP contribution < -0.4 is 0 Å². The van der Waals surface area contributed by atoms with Crippen molar-refractivity contribution in [1.82, 2.24) is 0 Å². The van der Waals surface area contributed by atoms with Gasteiger partial charge in [0.2, 0.25) is 0 Å². The summed E-state index contributed by atoms with van der Waals surface area (Å²) in [4.78, 5) is 11.3. The Hall–Kier alpha value is -1.07. The zero-order valence-corrected chi connectivity index (χ0v) is 27.4. The molecule has 0 unspecified atom stereocenters. The molecule has 9 nitrogen and oxygen atoms in total. The van der Waals surface area contributed by atoms with Crippen LogP contribution in [0.4, 0.5) is 0 Å². The zero-order valence-electron chi connectivity index (χ0n) is 27.4. The second kappa shape index (κ2) is 10.7. The van der Waals surface area contributed by atoms with Crippen LogP contribution >= 0.6 is 0 Å². The maximum Gasteiger partial charge on any atom is 0.330 e. The highest BCUT2D eigenvalue weighted by Crippen LogP contribution is 2.89. The molecule has 250 valence electrons. The third-order valence-corrected chi connectivity index (χ3v) is 15.1. The number of carboxylic acids is 1. The molecular weight excluding hydrogens is 564 g/mol. The Morgan fingerprint density at radius 1 is 0.955 bits per heavy atom. The SMILES string of the molecule is C/C(=C\CC[C@H](C)[C@H]1C[C@H](O)[C@@]2(C)[C@H]3CC[C@H]4C(C)(C)[C@@H](O[C@H]5OC[C@@H](O)[C@@H](O)[C@H]5O)CC[C@]45C[C@]35C[C@@H](O)[C@]12C)C(=O)O. The molecule has 1 aliphatic heterocycles. The highest BCUT2D eigenvalue weighted by atomic mass is 16.7. The van der Waals surface area contributed by atoms with Crippen molar-refractivity contribution in [3.05, 3.63) is 11.6 Å². The number of fused-ring (bicyclic) bond motifs is 2. The van der Waals surface area contributed by atoms with E-state index in [1.807, 2.05) is 0 Å². The maximum atomic E-state index is 12.2. The van der Waals surface area contributed by atoms with Crippen LogP contribution in [0.5, 0.6) is 0 Å². The van der Waals surface area contributed by atoms with Crippen LogP contribution in [0.3, 0.4) is 0 Å². The molecule has 5 aliphatic carbocycles. The van der Waals surface area contributed by atoms with Gasteiger partial charge in [-0.25, -0.2) is 4.79 Å². The van der Waals surface area contributed by atoms with Crippen LogP contribution in [0, 0.1) is 50.7 Å². The zero-order chi connectivity index (χ0) is 32.2. The summed E-state index contributed by atoms with van der Waals surface area (Å²) < 4.78 is 12.0. The van der Waals surface area contributed by atoms with E-state index in [9.17, 15) is 35.4 Å². The summed E-state index contributed by atoms with van der Waals surface area (Å²) in [7, 11) is 0. The topological polar surface area (TPSA) is 157 Å². The first-order chi connectivity index (χ1) is 20.5. The van der Waals surface area contributed by atoms with Crippen molar-refractivity contribution in [2.45, 2.75) is 142 Å². The number of hydrogen-bond acceptors (Lipinski definition) is 8. The van der Waals surface area contributed by atoms with Gasteiger partial charge in [0, 0.05) is 16.4 Å². The number of aliphatic carboxylic acids is 1. The fourth-order valence-electron chi connectivity index (χ4n) is 12.5. The number of aliphatic hydroxyl groups excluding tert-OH is 5. The highest BCUT2D eigenvalue weighted by Gasteiger charge is 2.85. The molecule has 15 atom stereocenters. The smallest absolute Gasteiger partial charge is 0.330 e. The predicted molar refractivity (Wildman–Crippen MR) is 162 cm³/mol. The van der Waals surface area contributed by atoms with E-state index >= 15 is 0 Å². The third kappa shape index (κ3) is 4.25. The summed E-state index contributed by atoms with van der Waals surface area (Å²) in [6.07, 6.45) is 3.61. The van der Waals surface area contributed by atoms with Gasteiger partial charge in [0.15, 0.2) is 6.29 Å². The Kier molecular flexibility index (Phi) is 8.01. The molecule has 9 heteroatoms. The highest BCUT2D eigenvalue weighted by molar-refractivity contribution is 5.85. The minimum absolute atomic E-state index is 0.0204. The van der Waals surface area contributed by atoms with Gasteiger partial charge < -0.3 is 40.1 Å². The normalized spacial score (nSPS) is 53.6. The van der Waals surface area contributed by atoms with Crippen molar-refractivity contribution in [3.8, 4) is 0 Å². The van der Waals surface area contributed by atoms with Crippen molar-refractivity contribution >= 4 is 5.97 Å². The Bertz CT molecular complexity index is 1170. The number of hydrogen-bond donors (Lipinski definition) is 6. The van der Waals surface area contributed by atoms with Crippen LogP contribution in [0.2, 0.25) is 0 Å². The molecule has 5 saturated carbocycles. The fourth-order valence-corrected chi connectivity index (χ4v) is 12.5. The van der Waals surface area contributed by atoms with Crippen molar-refractivity contribution in [2.75, 3.05) is 6.61 Å². The van der Waals surface area contributed by atoms with Crippen LogP contribution in [-0.2, 0) is 14.3 Å². The van der Waals surface area contributed by atoms with E-state index in [1.54, 1.807) is 13.0 Å². The number of allylic oxidation sites excluding steroid dienone is 1. The average molecular weight is 621 g/mol. The fraction of sp³-hybridized carbons (Fsp3) is 0.914. The Balaban J connectivity index is 1.22. The lowest BCUT2D eigenvalue weighted by atomic mass is 9.40. The lowest BCUT2D eigenvalue weighted by Crippen LogP contribution is -2.64. The Morgan fingerprint density at radius 2 is 1.64 bits per heavy atom. The summed E-state index contributed by atoms with van der Waals surface area (Å²) in [5.74, 6) is 0.175. The monoisotopic (exact) mass is 620 g/mol. The lowest BCUT2D eigenvalue weighted by Gasteiger charge is -2.65. The van der Waals surface area contributed by atoms with E-state index in [4.69, 9.17) is 9.47 Å². The molecule has 0 amide bonds. The van der Waals surface area contributed by atoms with Gasteiger partial charge in [-0.2, -0.15) is 0 Å². The van der Waals surface area contributed by atoms with Gasteiger partial charge in [0.1, 0.15) is 18.3 Å². The molecule has 6 N–H and O–H groups in total. The van der Waals surface area contributed by atoms with E-state index in [0.717, 1.165) is 44.9 Å².